The first-order chi connectivity index (χ1) is 6.71. The Hall–Kier alpha value is -0.0831. The third-order valence-electron chi connectivity index (χ3n) is 3.19. The van der Waals surface area contributed by atoms with E-state index in [4.69, 9.17) is 4.43 Å². The molecule has 0 saturated heterocycles. The van der Waals surface area contributed by atoms with Gasteiger partial charge in [0.2, 0.25) is 0 Å². The second-order valence-electron chi connectivity index (χ2n) is 6.34. The standard InChI is InChI=1S/C13H26OSi/c1-11-7-9-12(10-8-11)13(2,3)14-15(4,5)6/h7,12H,8-10H2,1-6H3/t12-/m1/s1. The Labute approximate surface area is 96.0 Å². The molecule has 0 spiro atoms. The third kappa shape index (κ3) is 4.11. The lowest BCUT2D eigenvalue weighted by atomic mass is 9.80. The van der Waals surface area contributed by atoms with E-state index in [0.717, 1.165) is 0 Å². The molecule has 0 N–H and O–H groups in total. The maximum absolute atomic E-state index is 6.31. The molecule has 0 aromatic rings. The lowest BCUT2D eigenvalue weighted by molar-refractivity contribution is 0.0309. The summed E-state index contributed by atoms with van der Waals surface area (Å²) in [7, 11) is -1.41. The molecule has 0 amide bonds. The van der Waals surface area contributed by atoms with Crippen molar-refractivity contribution < 1.29 is 4.43 Å². The fraction of sp³-hybridized carbons (Fsp3) is 0.846. The van der Waals surface area contributed by atoms with Crippen molar-refractivity contribution in [3.8, 4) is 0 Å². The van der Waals surface area contributed by atoms with Crippen molar-refractivity contribution in [1.82, 2.24) is 0 Å². The van der Waals surface area contributed by atoms with Gasteiger partial charge < -0.3 is 4.43 Å². The summed E-state index contributed by atoms with van der Waals surface area (Å²) in [5.74, 6) is 0.702. The van der Waals surface area contributed by atoms with Crippen LogP contribution < -0.4 is 0 Å². The molecular weight excluding hydrogens is 200 g/mol. The minimum atomic E-state index is -1.41. The number of hydrogen-bond acceptors (Lipinski definition) is 1. The van der Waals surface area contributed by atoms with Crippen molar-refractivity contribution in [2.45, 2.75) is 65.3 Å². The average molecular weight is 226 g/mol. The highest BCUT2D eigenvalue weighted by molar-refractivity contribution is 6.69. The van der Waals surface area contributed by atoms with Crippen LogP contribution in [0.1, 0.15) is 40.0 Å². The van der Waals surface area contributed by atoms with Gasteiger partial charge in [0.15, 0.2) is 8.32 Å². The molecular formula is C13H26OSi. The highest BCUT2D eigenvalue weighted by Gasteiger charge is 2.34. The van der Waals surface area contributed by atoms with E-state index in [1.54, 1.807) is 5.57 Å². The van der Waals surface area contributed by atoms with Crippen molar-refractivity contribution in [3.63, 3.8) is 0 Å². The van der Waals surface area contributed by atoms with Gasteiger partial charge >= 0.3 is 0 Å². The van der Waals surface area contributed by atoms with Gasteiger partial charge in [0.25, 0.3) is 0 Å². The molecule has 0 unspecified atom stereocenters. The summed E-state index contributed by atoms with van der Waals surface area (Å²) < 4.78 is 6.31. The summed E-state index contributed by atoms with van der Waals surface area (Å²) in [5.41, 5.74) is 1.61. The lowest BCUT2D eigenvalue weighted by Gasteiger charge is -2.40. The van der Waals surface area contributed by atoms with Crippen LogP contribution in [0.15, 0.2) is 11.6 Å². The molecule has 0 radical (unpaired) electrons. The van der Waals surface area contributed by atoms with E-state index in [1.807, 2.05) is 0 Å². The predicted molar refractivity (Wildman–Crippen MR) is 69.6 cm³/mol. The van der Waals surface area contributed by atoms with Gasteiger partial charge in [0.05, 0.1) is 5.60 Å². The Morgan fingerprint density at radius 2 is 1.93 bits per heavy atom. The minimum Gasteiger partial charge on any atom is -0.412 e. The van der Waals surface area contributed by atoms with Gasteiger partial charge in [-0.2, -0.15) is 0 Å². The van der Waals surface area contributed by atoms with Crippen molar-refractivity contribution in [1.29, 1.82) is 0 Å². The molecule has 0 heterocycles. The van der Waals surface area contributed by atoms with Crippen molar-refractivity contribution in [3.05, 3.63) is 11.6 Å². The molecule has 0 saturated carbocycles. The van der Waals surface area contributed by atoms with Gasteiger partial charge in [0, 0.05) is 0 Å². The summed E-state index contributed by atoms with van der Waals surface area (Å²) in [4.78, 5) is 0. The molecule has 0 fully saturated rings. The molecule has 1 rings (SSSR count). The van der Waals surface area contributed by atoms with Crippen LogP contribution in [0.2, 0.25) is 19.6 Å². The van der Waals surface area contributed by atoms with Crippen LogP contribution in [0.4, 0.5) is 0 Å². The Morgan fingerprint density at radius 3 is 2.33 bits per heavy atom. The SMILES string of the molecule is CC1=CC[C@@H](C(C)(C)O[Si](C)(C)C)CC1. The summed E-state index contributed by atoms with van der Waals surface area (Å²) in [6.45, 7) is 13.6. The zero-order valence-corrected chi connectivity index (χ0v) is 12.2. The molecule has 88 valence electrons. The number of allylic oxidation sites excluding steroid dienone is 2. The van der Waals surface area contributed by atoms with E-state index >= 15 is 0 Å². The average Bonchev–Trinajstić information content (AvgIpc) is 2.00. The quantitative estimate of drug-likeness (QED) is 0.513. The molecule has 2 heteroatoms. The first-order valence-corrected chi connectivity index (χ1v) is 9.47. The second kappa shape index (κ2) is 4.42. The van der Waals surface area contributed by atoms with Crippen LogP contribution >= 0.6 is 0 Å². The van der Waals surface area contributed by atoms with Gasteiger partial charge in [-0.25, -0.2) is 0 Å². The van der Waals surface area contributed by atoms with Gasteiger partial charge in [-0.3, -0.25) is 0 Å². The Balaban J connectivity index is 2.62. The molecule has 0 aromatic carbocycles. The van der Waals surface area contributed by atoms with E-state index in [2.05, 4.69) is 46.5 Å². The maximum Gasteiger partial charge on any atom is 0.184 e. The van der Waals surface area contributed by atoms with Gasteiger partial charge in [-0.15, -0.1) is 0 Å². The molecule has 1 nitrogen and oxygen atoms in total. The highest BCUT2D eigenvalue weighted by atomic mass is 28.4. The molecule has 1 aliphatic rings. The third-order valence-corrected chi connectivity index (χ3v) is 4.33. The smallest absolute Gasteiger partial charge is 0.184 e. The Morgan fingerprint density at radius 1 is 1.33 bits per heavy atom. The van der Waals surface area contributed by atoms with Crippen LogP contribution in [0.25, 0.3) is 0 Å². The summed E-state index contributed by atoms with van der Waals surface area (Å²) in [6, 6.07) is 0. The summed E-state index contributed by atoms with van der Waals surface area (Å²) in [5, 5.41) is 0. The normalized spacial score (nSPS) is 23.9. The van der Waals surface area contributed by atoms with E-state index in [0.29, 0.717) is 5.92 Å². The van der Waals surface area contributed by atoms with Crippen LogP contribution in [0.5, 0.6) is 0 Å². The maximum atomic E-state index is 6.31. The zero-order valence-electron chi connectivity index (χ0n) is 11.2. The summed E-state index contributed by atoms with van der Waals surface area (Å²) >= 11 is 0. The minimum absolute atomic E-state index is 0.0572. The van der Waals surface area contributed by atoms with E-state index in [-0.39, 0.29) is 5.60 Å². The first-order valence-electron chi connectivity index (χ1n) is 6.06. The van der Waals surface area contributed by atoms with Gasteiger partial charge in [0.1, 0.15) is 0 Å². The lowest BCUT2D eigenvalue weighted by Crippen LogP contribution is -2.44. The number of rotatable bonds is 3. The topological polar surface area (TPSA) is 9.23 Å². The van der Waals surface area contributed by atoms with Crippen LogP contribution in [0, 0.1) is 5.92 Å². The van der Waals surface area contributed by atoms with E-state index in [1.165, 1.54) is 19.3 Å². The van der Waals surface area contributed by atoms with Gasteiger partial charge in [-0.05, 0) is 65.6 Å². The Kier molecular flexibility index (Phi) is 3.83. The van der Waals surface area contributed by atoms with Crippen LogP contribution in [-0.2, 0) is 4.43 Å². The molecule has 15 heavy (non-hydrogen) atoms. The molecule has 0 aromatic heterocycles. The largest absolute Gasteiger partial charge is 0.412 e. The number of hydrogen-bond donors (Lipinski definition) is 0. The fourth-order valence-corrected chi connectivity index (χ4v) is 4.21. The molecule has 0 bridgehead atoms. The monoisotopic (exact) mass is 226 g/mol. The van der Waals surface area contributed by atoms with Crippen LogP contribution in [0.3, 0.4) is 0 Å². The van der Waals surface area contributed by atoms with Gasteiger partial charge in [-0.1, -0.05) is 11.6 Å². The second-order valence-corrected chi connectivity index (χ2v) is 10.8. The van der Waals surface area contributed by atoms with E-state index in [9.17, 15) is 0 Å². The van der Waals surface area contributed by atoms with Crippen LogP contribution in [-0.4, -0.2) is 13.9 Å². The molecule has 1 atom stereocenters. The predicted octanol–water partition coefficient (Wildman–Crippen LogP) is 4.36. The molecule has 0 aliphatic heterocycles. The summed E-state index contributed by atoms with van der Waals surface area (Å²) in [6.07, 6.45) is 6.13. The van der Waals surface area contributed by atoms with Crippen molar-refractivity contribution >= 4 is 8.32 Å². The zero-order chi connectivity index (χ0) is 11.7. The van der Waals surface area contributed by atoms with Crippen molar-refractivity contribution in [2.75, 3.05) is 0 Å². The Bertz CT molecular complexity index is 248. The fourth-order valence-electron chi connectivity index (χ4n) is 2.47. The molecule has 1 aliphatic carbocycles. The van der Waals surface area contributed by atoms with E-state index < -0.39 is 8.32 Å². The highest BCUT2D eigenvalue weighted by Crippen LogP contribution is 2.35. The first kappa shape index (κ1) is 13.0. The van der Waals surface area contributed by atoms with Crippen molar-refractivity contribution in [2.24, 2.45) is 5.92 Å².